The maximum Gasteiger partial charge on any atom is 0.227 e. The molecule has 0 spiro atoms. The van der Waals surface area contributed by atoms with Crippen LogP contribution in [0.4, 0.5) is 5.69 Å². The summed E-state index contributed by atoms with van der Waals surface area (Å²) in [6.45, 7) is 8.76. The number of imidazole rings is 1. The van der Waals surface area contributed by atoms with Crippen LogP contribution in [0, 0.1) is 6.92 Å². The zero-order valence-electron chi connectivity index (χ0n) is 22.2. The second kappa shape index (κ2) is 11.2. The summed E-state index contributed by atoms with van der Waals surface area (Å²) in [7, 11) is 0. The van der Waals surface area contributed by atoms with Gasteiger partial charge in [0.1, 0.15) is 11.6 Å². The van der Waals surface area contributed by atoms with Gasteiger partial charge in [0.05, 0.1) is 17.6 Å². The summed E-state index contributed by atoms with van der Waals surface area (Å²) in [4.78, 5) is 20.0. The van der Waals surface area contributed by atoms with Gasteiger partial charge in [-0.15, -0.1) is 0 Å². The third-order valence-corrected chi connectivity index (χ3v) is 7.69. The van der Waals surface area contributed by atoms with E-state index in [1.807, 2.05) is 29.2 Å². The maximum absolute atomic E-state index is 13.0. The van der Waals surface area contributed by atoms with Crippen molar-refractivity contribution in [3.8, 4) is 5.75 Å². The van der Waals surface area contributed by atoms with Crippen molar-refractivity contribution in [3.05, 3.63) is 89.7 Å². The monoisotopic (exact) mass is 495 g/mol. The Morgan fingerprint density at radius 2 is 1.76 bits per heavy atom. The summed E-state index contributed by atoms with van der Waals surface area (Å²) in [5.41, 5.74) is 5.63. The molecular weight excluding hydrogens is 458 g/mol. The molecule has 0 radical (unpaired) electrons. The van der Waals surface area contributed by atoms with Gasteiger partial charge in [-0.3, -0.25) is 4.79 Å². The van der Waals surface area contributed by atoms with Gasteiger partial charge in [-0.05, 0) is 73.6 Å². The summed E-state index contributed by atoms with van der Waals surface area (Å²) in [6, 6.07) is 24.9. The minimum absolute atomic E-state index is 0.0831. The zero-order chi connectivity index (χ0) is 25.8. The molecule has 5 heteroatoms. The number of nitrogens with zero attached hydrogens (tertiary/aromatic N) is 3. The minimum Gasteiger partial charge on any atom is -0.494 e. The molecule has 3 aromatic carbocycles. The van der Waals surface area contributed by atoms with E-state index in [1.54, 1.807) is 0 Å². The molecular formula is C32H37N3O2. The van der Waals surface area contributed by atoms with E-state index in [0.717, 1.165) is 59.7 Å². The number of fused-ring (bicyclic) bond motifs is 1. The molecule has 0 bridgehead atoms. The first kappa shape index (κ1) is 25.1. The van der Waals surface area contributed by atoms with Gasteiger partial charge < -0.3 is 14.2 Å². The van der Waals surface area contributed by atoms with Crippen molar-refractivity contribution in [2.24, 2.45) is 0 Å². The fraction of sp³-hybridized carbons (Fsp3) is 0.375. The predicted octanol–water partition coefficient (Wildman–Crippen LogP) is 7.24. The van der Waals surface area contributed by atoms with E-state index >= 15 is 0 Å². The van der Waals surface area contributed by atoms with E-state index in [1.165, 1.54) is 5.56 Å². The lowest BCUT2D eigenvalue weighted by atomic mass is 9.99. The van der Waals surface area contributed by atoms with Crippen molar-refractivity contribution >= 4 is 22.6 Å². The number of carbonyl (C=O) groups excluding carboxylic acids is 1. The van der Waals surface area contributed by atoms with Crippen molar-refractivity contribution < 1.29 is 9.53 Å². The zero-order valence-corrected chi connectivity index (χ0v) is 22.2. The molecule has 1 saturated heterocycles. The molecule has 0 N–H and O–H groups in total. The average Bonchev–Trinajstić information content (AvgIpc) is 3.49. The smallest absolute Gasteiger partial charge is 0.227 e. The van der Waals surface area contributed by atoms with Crippen molar-refractivity contribution in [1.29, 1.82) is 0 Å². The molecule has 2 unspecified atom stereocenters. The standard InChI is InChI=1S/C32H37N3O2/c1-4-23(2)25-15-17-27(18-16-25)37-20-10-9-19-34-30-14-8-6-12-28(30)33-32(34)26-21-31(36)35(22-26)29-13-7-5-11-24(29)3/h5-8,11-18,23,26H,4,9-10,19-22H2,1-3H3. The van der Waals surface area contributed by atoms with E-state index in [0.29, 0.717) is 25.5 Å². The highest BCUT2D eigenvalue weighted by atomic mass is 16.5. The highest BCUT2D eigenvalue weighted by Gasteiger charge is 2.35. The number of aryl methyl sites for hydroxylation is 2. The van der Waals surface area contributed by atoms with Gasteiger partial charge in [-0.1, -0.05) is 56.3 Å². The Balaban J connectivity index is 1.24. The minimum atomic E-state index is 0.0831. The number of aromatic nitrogens is 2. The third-order valence-electron chi connectivity index (χ3n) is 7.69. The summed E-state index contributed by atoms with van der Waals surface area (Å²) in [5.74, 6) is 2.78. The van der Waals surface area contributed by atoms with Crippen molar-refractivity contribution in [2.45, 2.75) is 64.8 Å². The van der Waals surface area contributed by atoms with Crippen LogP contribution in [0.2, 0.25) is 0 Å². The number of rotatable bonds is 10. The first-order valence-corrected chi connectivity index (χ1v) is 13.6. The molecule has 1 fully saturated rings. The number of benzene rings is 3. The number of hydrogen-bond donors (Lipinski definition) is 0. The van der Waals surface area contributed by atoms with Crippen LogP contribution in [0.25, 0.3) is 11.0 Å². The highest BCUT2D eigenvalue weighted by molar-refractivity contribution is 5.97. The molecule has 1 amide bonds. The first-order chi connectivity index (χ1) is 18.0. The molecule has 1 aromatic heterocycles. The summed E-state index contributed by atoms with van der Waals surface area (Å²) in [5, 5.41) is 0. The Hall–Kier alpha value is -3.60. The van der Waals surface area contributed by atoms with Gasteiger partial charge in [0.15, 0.2) is 0 Å². The van der Waals surface area contributed by atoms with Gasteiger partial charge in [0.2, 0.25) is 5.91 Å². The first-order valence-electron chi connectivity index (χ1n) is 13.6. The van der Waals surface area contributed by atoms with Crippen LogP contribution in [0.3, 0.4) is 0 Å². The average molecular weight is 496 g/mol. The number of hydrogen-bond acceptors (Lipinski definition) is 3. The Morgan fingerprint density at radius 3 is 2.54 bits per heavy atom. The van der Waals surface area contributed by atoms with E-state index < -0.39 is 0 Å². The van der Waals surface area contributed by atoms with Crippen LogP contribution in [0.1, 0.15) is 68.3 Å². The van der Waals surface area contributed by atoms with Crippen LogP contribution in [0.5, 0.6) is 5.75 Å². The van der Waals surface area contributed by atoms with Gasteiger partial charge in [0, 0.05) is 31.1 Å². The number of ether oxygens (including phenoxy) is 1. The van der Waals surface area contributed by atoms with Crippen LogP contribution < -0.4 is 9.64 Å². The van der Waals surface area contributed by atoms with E-state index in [9.17, 15) is 4.79 Å². The van der Waals surface area contributed by atoms with Crippen molar-refractivity contribution in [2.75, 3.05) is 18.1 Å². The SMILES string of the molecule is CCC(C)c1ccc(OCCCCn2c(C3CC(=O)N(c4ccccc4C)C3)nc3ccccc32)cc1. The predicted molar refractivity (Wildman–Crippen MR) is 150 cm³/mol. The molecule has 2 heterocycles. The number of unbranched alkanes of at least 4 members (excludes halogenated alkanes) is 1. The van der Waals surface area contributed by atoms with E-state index in [4.69, 9.17) is 9.72 Å². The number of amides is 1. The third kappa shape index (κ3) is 5.41. The molecule has 2 atom stereocenters. The Morgan fingerprint density at radius 1 is 1.00 bits per heavy atom. The summed E-state index contributed by atoms with van der Waals surface area (Å²) >= 11 is 0. The van der Waals surface area contributed by atoms with Crippen molar-refractivity contribution in [1.82, 2.24) is 9.55 Å². The second-order valence-electron chi connectivity index (χ2n) is 10.2. The van der Waals surface area contributed by atoms with Crippen LogP contribution in [-0.4, -0.2) is 28.6 Å². The van der Waals surface area contributed by atoms with Gasteiger partial charge in [-0.25, -0.2) is 4.98 Å². The molecule has 0 saturated carbocycles. The lowest BCUT2D eigenvalue weighted by Gasteiger charge is -2.19. The Kier molecular flexibility index (Phi) is 7.59. The molecule has 0 aliphatic carbocycles. The van der Waals surface area contributed by atoms with Crippen LogP contribution in [0.15, 0.2) is 72.8 Å². The lowest BCUT2D eigenvalue weighted by molar-refractivity contribution is -0.117. The molecule has 37 heavy (non-hydrogen) atoms. The molecule has 1 aliphatic rings. The van der Waals surface area contributed by atoms with Gasteiger partial charge in [0.25, 0.3) is 0 Å². The topological polar surface area (TPSA) is 47.4 Å². The maximum atomic E-state index is 13.0. The summed E-state index contributed by atoms with van der Waals surface area (Å²) < 4.78 is 8.35. The van der Waals surface area contributed by atoms with E-state index in [2.05, 4.69) is 73.9 Å². The number of carbonyl (C=O) groups is 1. The van der Waals surface area contributed by atoms with Crippen LogP contribution in [-0.2, 0) is 11.3 Å². The largest absolute Gasteiger partial charge is 0.494 e. The fourth-order valence-corrected chi connectivity index (χ4v) is 5.31. The highest BCUT2D eigenvalue weighted by Crippen LogP contribution is 2.34. The molecule has 4 aromatic rings. The normalized spacial score (nSPS) is 16.5. The van der Waals surface area contributed by atoms with Gasteiger partial charge >= 0.3 is 0 Å². The molecule has 1 aliphatic heterocycles. The fourth-order valence-electron chi connectivity index (χ4n) is 5.31. The molecule has 5 rings (SSSR count). The van der Waals surface area contributed by atoms with E-state index in [-0.39, 0.29) is 11.8 Å². The Labute approximate surface area is 220 Å². The summed E-state index contributed by atoms with van der Waals surface area (Å²) in [6.07, 6.45) is 3.58. The van der Waals surface area contributed by atoms with Gasteiger partial charge in [-0.2, -0.15) is 0 Å². The molecule has 5 nitrogen and oxygen atoms in total. The molecule has 192 valence electrons. The number of anilines is 1. The van der Waals surface area contributed by atoms with Crippen LogP contribution >= 0.6 is 0 Å². The lowest BCUT2D eigenvalue weighted by Crippen LogP contribution is -2.25. The Bertz CT molecular complexity index is 1360. The second-order valence-corrected chi connectivity index (χ2v) is 10.2. The quantitative estimate of drug-likeness (QED) is 0.218. The number of para-hydroxylation sites is 3. The van der Waals surface area contributed by atoms with Crippen molar-refractivity contribution in [3.63, 3.8) is 0 Å².